The third-order valence-corrected chi connectivity index (χ3v) is 5.07. The summed E-state index contributed by atoms with van der Waals surface area (Å²) < 4.78 is 13.8. The first kappa shape index (κ1) is 15.0. The van der Waals surface area contributed by atoms with Crippen LogP contribution in [0.25, 0.3) is 0 Å². The minimum absolute atomic E-state index is 0.0790. The highest BCUT2D eigenvalue weighted by Gasteiger charge is 2.36. The Labute approximate surface area is 137 Å². The molecule has 1 aliphatic carbocycles. The molecule has 0 spiro atoms. The normalized spacial score (nSPS) is 30.5. The highest BCUT2D eigenvalue weighted by Crippen LogP contribution is 2.47. The van der Waals surface area contributed by atoms with E-state index in [0.29, 0.717) is 12.0 Å². The van der Waals surface area contributed by atoms with Crippen LogP contribution < -0.4 is 5.32 Å². The van der Waals surface area contributed by atoms with E-state index in [-0.39, 0.29) is 6.10 Å². The third-order valence-electron chi connectivity index (χ3n) is 5.07. The summed E-state index contributed by atoms with van der Waals surface area (Å²) in [6.45, 7) is 3.86. The van der Waals surface area contributed by atoms with Crippen LogP contribution in [0.1, 0.15) is 55.3 Å². The van der Waals surface area contributed by atoms with Gasteiger partial charge in [-0.3, -0.25) is 4.68 Å². The van der Waals surface area contributed by atoms with E-state index in [9.17, 15) is 0 Å². The van der Waals surface area contributed by atoms with Crippen LogP contribution in [0.4, 0.5) is 0 Å². The fourth-order valence-corrected chi connectivity index (χ4v) is 3.54. The third kappa shape index (κ3) is 3.21. The maximum absolute atomic E-state index is 6.00. The van der Waals surface area contributed by atoms with Crippen molar-refractivity contribution >= 4 is 0 Å². The number of furan rings is 1. The molecule has 2 aliphatic rings. The summed E-state index contributed by atoms with van der Waals surface area (Å²) in [4.78, 5) is 0. The Balaban J connectivity index is 1.39. The van der Waals surface area contributed by atoms with E-state index >= 15 is 0 Å². The van der Waals surface area contributed by atoms with Crippen LogP contribution in [-0.4, -0.2) is 22.4 Å². The van der Waals surface area contributed by atoms with E-state index in [0.717, 1.165) is 49.0 Å². The van der Waals surface area contributed by atoms with Crippen LogP contribution in [0.3, 0.4) is 0 Å². The highest BCUT2D eigenvalue weighted by atomic mass is 16.5. The summed E-state index contributed by atoms with van der Waals surface area (Å²) in [5.74, 6) is 3.60. The number of hydrogen-bond donors (Lipinski definition) is 1. The van der Waals surface area contributed by atoms with Gasteiger partial charge in [-0.1, -0.05) is 6.92 Å². The number of aromatic nitrogens is 2. The van der Waals surface area contributed by atoms with E-state index in [1.165, 1.54) is 6.42 Å². The van der Waals surface area contributed by atoms with Gasteiger partial charge in [-0.05, 0) is 37.3 Å². The Kier molecular flexibility index (Phi) is 3.99. The van der Waals surface area contributed by atoms with E-state index < -0.39 is 0 Å². The summed E-state index contributed by atoms with van der Waals surface area (Å²) in [5.41, 5.74) is 1.15. The summed E-state index contributed by atoms with van der Waals surface area (Å²) in [5, 5.41) is 7.90. The Bertz CT molecular complexity index is 663. The zero-order chi connectivity index (χ0) is 15.8. The van der Waals surface area contributed by atoms with Gasteiger partial charge in [-0.2, -0.15) is 5.10 Å². The molecule has 2 aromatic rings. The molecule has 4 atom stereocenters. The maximum atomic E-state index is 6.00. The summed E-state index contributed by atoms with van der Waals surface area (Å²) in [6.07, 6.45) is 7.51. The Morgan fingerprint density at radius 1 is 1.39 bits per heavy atom. The van der Waals surface area contributed by atoms with Crippen LogP contribution in [0.2, 0.25) is 0 Å². The van der Waals surface area contributed by atoms with Gasteiger partial charge in [0.05, 0.1) is 12.7 Å². The largest absolute Gasteiger partial charge is 0.464 e. The Morgan fingerprint density at radius 2 is 2.26 bits per heavy atom. The first-order chi connectivity index (χ1) is 11.2. The van der Waals surface area contributed by atoms with Crippen LogP contribution >= 0.6 is 0 Å². The van der Waals surface area contributed by atoms with Gasteiger partial charge in [-0.15, -0.1) is 0 Å². The summed E-state index contributed by atoms with van der Waals surface area (Å²) in [7, 11) is 1.94. The molecule has 1 N–H and O–H groups in total. The van der Waals surface area contributed by atoms with Gasteiger partial charge in [0.15, 0.2) is 0 Å². The lowest BCUT2D eigenvalue weighted by Gasteiger charge is -2.31. The van der Waals surface area contributed by atoms with Crippen molar-refractivity contribution < 1.29 is 9.15 Å². The topological polar surface area (TPSA) is 52.2 Å². The van der Waals surface area contributed by atoms with Crippen molar-refractivity contribution in [3.8, 4) is 0 Å². The molecule has 5 nitrogen and oxygen atoms in total. The average Bonchev–Trinajstić information content (AvgIpc) is 2.96. The lowest BCUT2D eigenvalue weighted by atomic mass is 9.98. The minimum Gasteiger partial charge on any atom is -0.464 e. The van der Waals surface area contributed by atoms with Gasteiger partial charge in [0.1, 0.15) is 17.6 Å². The highest BCUT2D eigenvalue weighted by molar-refractivity contribution is 5.18. The summed E-state index contributed by atoms with van der Waals surface area (Å²) >= 11 is 0. The Morgan fingerprint density at radius 3 is 3.00 bits per heavy atom. The van der Waals surface area contributed by atoms with Crippen molar-refractivity contribution in [2.45, 2.75) is 50.8 Å². The molecule has 1 saturated heterocycles. The SMILES string of the molecule is CC1CC1c1ccc(CN[C@H]2CCCO[C@@H]2c2cnn(C)c2)o1. The van der Waals surface area contributed by atoms with Gasteiger partial charge in [0.2, 0.25) is 0 Å². The fraction of sp³-hybridized carbons (Fsp3) is 0.611. The molecule has 1 aliphatic heterocycles. The van der Waals surface area contributed by atoms with Gasteiger partial charge < -0.3 is 14.5 Å². The van der Waals surface area contributed by atoms with Crippen molar-refractivity contribution in [3.05, 3.63) is 41.6 Å². The smallest absolute Gasteiger partial charge is 0.117 e. The number of aryl methyl sites for hydroxylation is 1. The van der Waals surface area contributed by atoms with Crippen LogP contribution in [0.5, 0.6) is 0 Å². The molecule has 2 unspecified atom stereocenters. The number of rotatable bonds is 5. The first-order valence-electron chi connectivity index (χ1n) is 8.63. The predicted molar refractivity (Wildman–Crippen MR) is 87.0 cm³/mol. The average molecular weight is 315 g/mol. The standard InChI is InChI=1S/C18H25N3O2/c1-12-8-15(12)17-6-5-14(23-17)10-19-16-4-3-7-22-18(16)13-9-20-21(2)11-13/h5-6,9,11-12,15-16,18-19H,3-4,7-8,10H2,1-2H3/t12?,15?,16-,18+/m0/s1. The molecule has 1 saturated carbocycles. The molecule has 0 bridgehead atoms. The number of nitrogens with zero attached hydrogens (tertiary/aromatic N) is 2. The van der Waals surface area contributed by atoms with Gasteiger partial charge in [0.25, 0.3) is 0 Å². The molecule has 124 valence electrons. The van der Waals surface area contributed by atoms with Crippen LogP contribution in [0.15, 0.2) is 28.9 Å². The maximum Gasteiger partial charge on any atom is 0.117 e. The van der Waals surface area contributed by atoms with Crippen molar-refractivity contribution in [3.63, 3.8) is 0 Å². The lowest BCUT2D eigenvalue weighted by Crippen LogP contribution is -2.38. The van der Waals surface area contributed by atoms with E-state index in [2.05, 4.69) is 29.5 Å². The zero-order valence-electron chi connectivity index (χ0n) is 13.9. The molecule has 23 heavy (non-hydrogen) atoms. The van der Waals surface area contributed by atoms with E-state index in [1.807, 2.05) is 24.1 Å². The molecule has 2 fully saturated rings. The molecular formula is C18H25N3O2. The molecular weight excluding hydrogens is 290 g/mol. The molecule has 0 aromatic carbocycles. The van der Waals surface area contributed by atoms with Crippen molar-refractivity contribution in [1.29, 1.82) is 0 Å². The van der Waals surface area contributed by atoms with Crippen molar-refractivity contribution in [1.82, 2.24) is 15.1 Å². The van der Waals surface area contributed by atoms with Crippen molar-refractivity contribution in [2.24, 2.45) is 13.0 Å². The number of ether oxygens (including phenoxy) is 1. The molecule has 0 amide bonds. The summed E-state index contributed by atoms with van der Waals surface area (Å²) in [6, 6.07) is 4.55. The monoisotopic (exact) mass is 315 g/mol. The second-order valence-corrected chi connectivity index (χ2v) is 6.99. The van der Waals surface area contributed by atoms with Crippen molar-refractivity contribution in [2.75, 3.05) is 6.61 Å². The van der Waals surface area contributed by atoms with Crippen LogP contribution in [0, 0.1) is 5.92 Å². The molecule has 2 aromatic heterocycles. The fourth-order valence-electron chi connectivity index (χ4n) is 3.54. The van der Waals surface area contributed by atoms with Gasteiger partial charge in [-0.25, -0.2) is 0 Å². The van der Waals surface area contributed by atoms with Gasteiger partial charge in [0, 0.05) is 37.4 Å². The number of nitrogens with one attached hydrogen (secondary N) is 1. The molecule has 5 heteroatoms. The minimum atomic E-state index is 0.0790. The zero-order valence-corrected chi connectivity index (χ0v) is 13.9. The van der Waals surface area contributed by atoms with Gasteiger partial charge >= 0.3 is 0 Å². The number of hydrogen-bond acceptors (Lipinski definition) is 4. The molecule has 4 rings (SSSR count). The lowest BCUT2D eigenvalue weighted by molar-refractivity contribution is -0.0116. The van der Waals surface area contributed by atoms with Crippen LogP contribution in [-0.2, 0) is 18.3 Å². The molecule has 3 heterocycles. The van der Waals surface area contributed by atoms with E-state index in [4.69, 9.17) is 9.15 Å². The quantitative estimate of drug-likeness (QED) is 0.921. The second kappa shape index (κ2) is 6.13. The Hall–Kier alpha value is -1.59. The first-order valence-corrected chi connectivity index (χ1v) is 8.63. The van der Waals surface area contributed by atoms with E-state index in [1.54, 1.807) is 0 Å². The second-order valence-electron chi connectivity index (χ2n) is 6.99. The molecule has 0 radical (unpaired) electrons. The predicted octanol–water partition coefficient (Wildman–Crippen LogP) is 3.15.